The number of piperidine rings is 1. The van der Waals surface area contributed by atoms with E-state index in [1.54, 1.807) is 0 Å². The normalized spacial score (nSPS) is 31.5. The van der Waals surface area contributed by atoms with Gasteiger partial charge >= 0.3 is 0 Å². The molecule has 1 saturated heterocycles. The molecule has 1 fully saturated rings. The third-order valence-corrected chi connectivity index (χ3v) is 4.23. The summed E-state index contributed by atoms with van der Waals surface area (Å²) >= 11 is 0. The van der Waals surface area contributed by atoms with Gasteiger partial charge in [0.25, 0.3) is 0 Å². The summed E-state index contributed by atoms with van der Waals surface area (Å²) in [6.07, 6.45) is 3.51. The van der Waals surface area contributed by atoms with Crippen LogP contribution in [0.15, 0.2) is 0 Å². The lowest BCUT2D eigenvalue weighted by Crippen LogP contribution is -2.51. The molecular formula is C14H27N3. The second-order valence-corrected chi connectivity index (χ2v) is 5.98. The van der Waals surface area contributed by atoms with Crippen molar-refractivity contribution in [2.24, 2.45) is 5.92 Å². The maximum atomic E-state index is 9.22. The van der Waals surface area contributed by atoms with Crippen molar-refractivity contribution in [3.05, 3.63) is 0 Å². The summed E-state index contributed by atoms with van der Waals surface area (Å²) in [5.74, 6) is 0.788. The molecule has 1 N–H and O–H groups in total. The topological polar surface area (TPSA) is 39.1 Å². The van der Waals surface area contributed by atoms with E-state index >= 15 is 0 Å². The Morgan fingerprint density at radius 1 is 1.47 bits per heavy atom. The van der Waals surface area contributed by atoms with E-state index in [0.29, 0.717) is 12.1 Å². The van der Waals surface area contributed by atoms with E-state index in [0.717, 1.165) is 12.3 Å². The van der Waals surface area contributed by atoms with Gasteiger partial charge in [-0.15, -0.1) is 0 Å². The summed E-state index contributed by atoms with van der Waals surface area (Å²) < 4.78 is 0. The summed E-state index contributed by atoms with van der Waals surface area (Å²) in [6.45, 7) is 10.1. The summed E-state index contributed by atoms with van der Waals surface area (Å²) in [5, 5.41) is 12.4. The molecule has 98 valence electrons. The van der Waals surface area contributed by atoms with Gasteiger partial charge in [-0.25, -0.2) is 0 Å². The molecule has 1 aliphatic heterocycles. The second kappa shape index (κ2) is 5.84. The van der Waals surface area contributed by atoms with Gasteiger partial charge in [0.15, 0.2) is 0 Å². The number of nitriles is 1. The number of nitrogens with one attached hydrogen (secondary N) is 1. The maximum absolute atomic E-state index is 9.22. The van der Waals surface area contributed by atoms with Crippen molar-refractivity contribution < 1.29 is 0 Å². The molecule has 17 heavy (non-hydrogen) atoms. The average molecular weight is 237 g/mol. The van der Waals surface area contributed by atoms with Crippen molar-refractivity contribution in [3.8, 4) is 6.07 Å². The van der Waals surface area contributed by atoms with Gasteiger partial charge < -0.3 is 5.32 Å². The highest BCUT2D eigenvalue weighted by molar-refractivity contribution is 5.05. The molecule has 1 rings (SSSR count). The van der Waals surface area contributed by atoms with E-state index in [-0.39, 0.29) is 0 Å². The van der Waals surface area contributed by atoms with E-state index in [2.05, 4.69) is 37.1 Å². The molecule has 1 heterocycles. The van der Waals surface area contributed by atoms with Gasteiger partial charge in [-0.05, 0) is 53.0 Å². The fourth-order valence-corrected chi connectivity index (χ4v) is 2.85. The molecule has 0 saturated carbocycles. The van der Waals surface area contributed by atoms with Crippen molar-refractivity contribution in [2.75, 3.05) is 13.6 Å². The van der Waals surface area contributed by atoms with Crippen LogP contribution in [0.25, 0.3) is 0 Å². The third kappa shape index (κ3) is 3.69. The standard InChI is InChI=1S/C14H27N3/c1-11-6-7-12(2)17(9-11)13(3)8-14(4,10-15)16-5/h11-13,16H,6-9H2,1-5H3. The molecule has 4 atom stereocenters. The van der Waals surface area contributed by atoms with Gasteiger partial charge in [0.2, 0.25) is 0 Å². The van der Waals surface area contributed by atoms with Gasteiger partial charge in [-0.1, -0.05) is 6.92 Å². The largest absolute Gasteiger partial charge is 0.303 e. The molecule has 1 aliphatic rings. The van der Waals surface area contributed by atoms with E-state index < -0.39 is 5.54 Å². The van der Waals surface area contributed by atoms with Crippen LogP contribution in [0, 0.1) is 17.2 Å². The minimum absolute atomic E-state index is 0.403. The lowest BCUT2D eigenvalue weighted by molar-refractivity contribution is 0.0720. The molecule has 3 nitrogen and oxygen atoms in total. The number of rotatable bonds is 4. The number of likely N-dealkylation sites (tertiary alicyclic amines) is 1. The lowest BCUT2D eigenvalue weighted by atomic mass is 9.89. The van der Waals surface area contributed by atoms with Gasteiger partial charge in [-0.2, -0.15) is 5.26 Å². The molecule has 0 aliphatic carbocycles. The molecular weight excluding hydrogens is 210 g/mol. The van der Waals surface area contributed by atoms with Crippen LogP contribution in [-0.2, 0) is 0 Å². The fourth-order valence-electron chi connectivity index (χ4n) is 2.85. The second-order valence-electron chi connectivity index (χ2n) is 5.98. The van der Waals surface area contributed by atoms with Gasteiger partial charge in [0.05, 0.1) is 6.07 Å². The average Bonchev–Trinajstić information content (AvgIpc) is 2.32. The summed E-state index contributed by atoms with van der Waals surface area (Å²) in [7, 11) is 1.87. The van der Waals surface area contributed by atoms with E-state index in [9.17, 15) is 5.26 Å². The molecule has 0 aromatic rings. The Morgan fingerprint density at radius 2 is 2.12 bits per heavy atom. The monoisotopic (exact) mass is 237 g/mol. The first-order valence-electron chi connectivity index (χ1n) is 6.77. The first-order valence-corrected chi connectivity index (χ1v) is 6.77. The van der Waals surface area contributed by atoms with Crippen LogP contribution >= 0.6 is 0 Å². The summed E-state index contributed by atoms with van der Waals surface area (Å²) in [5.41, 5.74) is -0.403. The van der Waals surface area contributed by atoms with Crippen molar-refractivity contribution in [2.45, 2.75) is 64.6 Å². The Bertz CT molecular complexity index is 284. The highest BCUT2D eigenvalue weighted by Crippen LogP contribution is 2.26. The molecule has 0 bridgehead atoms. The predicted molar refractivity (Wildman–Crippen MR) is 71.7 cm³/mol. The number of nitrogens with zero attached hydrogens (tertiary/aromatic N) is 2. The quantitative estimate of drug-likeness (QED) is 0.816. The first kappa shape index (κ1) is 14.5. The molecule has 0 aromatic carbocycles. The van der Waals surface area contributed by atoms with E-state index in [1.165, 1.54) is 19.4 Å². The van der Waals surface area contributed by atoms with Gasteiger partial charge in [-0.3, -0.25) is 4.90 Å². The highest BCUT2D eigenvalue weighted by Gasteiger charge is 2.31. The van der Waals surface area contributed by atoms with Gasteiger partial charge in [0, 0.05) is 18.6 Å². The first-order chi connectivity index (χ1) is 7.91. The molecule has 0 aromatic heterocycles. The smallest absolute Gasteiger partial charge is 0.105 e. The molecule has 4 unspecified atom stereocenters. The lowest BCUT2D eigenvalue weighted by Gasteiger charge is -2.42. The zero-order chi connectivity index (χ0) is 13.1. The Kier molecular flexibility index (Phi) is 4.97. The summed E-state index contributed by atoms with van der Waals surface area (Å²) in [6, 6.07) is 3.50. The predicted octanol–water partition coefficient (Wildman–Crippen LogP) is 2.39. The van der Waals surface area contributed by atoms with E-state index in [1.807, 2.05) is 14.0 Å². The third-order valence-electron chi connectivity index (χ3n) is 4.23. The van der Waals surface area contributed by atoms with Crippen LogP contribution in [0.2, 0.25) is 0 Å². The molecule has 3 heteroatoms. The zero-order valence-corrected chi connectivity index (χ0v) is 12.0. The van der Waals surface area contributed by atoms with Crippen LogP contribution < -0.4 is 5.32 Å². The van der Waals surface area contributed by atoms with Crippen LogP contribution in [0.4, 0.5) is 0 Å². The molecule has 0 spiro atoms. The van der Waals surface area contributed by atoms with Crippen molar-refractivity contribution in [1.29, 1.82) is 5.26 Å². The minimum atomic E-state index is -0.403. The molecule has 0 amide bonds. The van der Waals surface area contributed by atoms with Crippen LogP contribution in [0.1, 0.15) is 47.0 Å². The highest BCUT2D eigenvalue weighted by atomic mass is 15.2. The summed E-state index contributed by atoms with van der Waals surface area (Å²) in [4.78, 5) is 2.57. The number of hydrogen-bond acceptors (Lipinski definition) is 3. The Hall–Kier alpha value is -0.590. The van der Waals surface area contributed by atoms with Gasteiger partial charge in [0.1, 0.15) is 5.54 Å². The van der Waals surface area contributed by atoms with Crippen LogP contribution in [-0.4, -0.2) is 36.1 Å². The van der Waals surface area contributed by atoms with Crippen LogP contribution in [0.3, 0.4) is 0 Å². The Morgan fingerprint density at radius 3 is 2.65 bits per heavy atom. The fraction of sp³-hybridized carbons (Fsp3) is 0.929. The number of hydrogen-bond donors (Lipinski definition) is 1. The SMILES string of the molecule is CNC(C)(C#N)CC(C)N1CC(C)CCC1C. The Balaban J connectivity index is 2.63. The van der Waals surface area contributed by atoms with E-state index in [4.69, 9.17) is 0 Å². The molecule has 0 radical (unpaired) electrons. The van der Waals surface area contributed by atoms with Crippen molar-refractivity contribution in [3.63, 3.8) is 0 Å². The zero-order valence-electron chi connectivity index (χ0n) is 12.0. The Labute approximate surface area is 106 Å². The van der Waals surface area contributed by atoms with Crippen LogP contribution in [0.5, 0.6) is 0 Å². The maximum Gasteiger partial charge on any atom is 0.105 e. The van der Waals surface area contributed by atoms with Crippen molar-refractivity contribution in [1.82, 2.24) is 10.2 Å². The minimum Gasteiger partial charge on any atom is -0.303 e. The van der Waals surface area contributed by atoms with Crippen molar-refractivity contribution >= 4 is 0 Å².